The van der Waals surface area contributed by atoms with E-state index in [-0.39, 0.29) is 42.6 Å². The number of rotatable bonds is 10. The van der Waals surface area contributed by atoms with E-state index in [4.69, 9.17) is 20.3 Å². The molecule has 0 amide bonds. The van der Waals surface area contributed by atoms with E-state index in [1.165, 1.54) is 0 Å². The van der Waals surface area contributed by atoms with Crippen LogP contribution in [0.2, 0.25) is 0 Å². The average molecular weight is 342 g/mol. The molecule has 1 aliphatic heterocycles. The summed E-state index contributed by atoms with van der Waals surface area (Å²) in [6.45, 7) is 2.00. The minimum atomic E-state index is -0.610. The van der Waals surface area contributed by atoms with Crippen LogP contribution in [0.25, 0.3) is 0 Å². The molecule has 134 valence electrons. The van der Waals surface area contributed by atoms with E-state index in [9.17, 15) is 10.1 Å². The van der Waals surface area contributed by atoms with Gasteiger partial charge in [-0.05, 0) is 12.8 Å². The molecule has 0 unspecified atom stereocenters. The van der Waals surface area contributed by atoms with Crippen LogP contribution in [0.1, 0.15) is 12.8 Å². The second kappa shape index (κ2) is 9.15. The van der Waals surface area contributed by atoms with Gasteiger partial charge in [-0.25, -0.2) is 0 Å². The van der Waals surface area contributed by atoms with E-state index in [0.29, 0.717) is 26.3 Å². The van der Waals surface area contributed by atoms with Gasteiger partial charge in [-0.3, -0.25) is 10.1 Å². The van der Waals surface area contributed by atoms with Crippen LogP contribution in [0.4, 0.5) is 23.3 Å². The van der Waals surface area contributed by atoms with E-state index in [2.05, 4.69) is 20.6 Å². The van der Waals surface area contributed by atoms with Gasteiger partial charge in [0.1, 0.15) is 0 Å². The molecule has 0 aromatic carbocycles. The van der Waals surface area contributed by atoms with Crippen molar-refractivity contribution in [3.05, 3.63) is 10.1 Å². The summed E-state index contributed by atoms with van der Waals surface area (Å²) in [5, 5.41) is 25.6. The van der Waals surface area contributed by atoms with Gasteiger partial charge in [-0.15, -0.1) is 0 Å². The number of nitrogen functional groups attached to an aromatic ring is 1. The van der Waals surface area contributed by atoms with Crippen molar-refractivity contribution in [3.63, 3.8) is 0 Å². The van der Waals surface area contributed by atoms with Gasteiger partial charge >= 0.3 is 5.69 Å². The molecule has 2 heterocycles. The molecule has 0 saturated carbocycles. The Morgan fingerprint density at radius 3 is 2.92 bits per heavy atom. The number of aromatic nitrogens is 2. The van der Waals surface area contributed by atoms with Crippen molar-refractivity contribution in [2.75, 3.05) is 55.9 Å². The normalized spacial score (nSPS) is 17.0. The van der Waals surface area contributed by atoms with Crippen molar-refractivity contribution >= 4 is 23.3 Å². The molecule has 0 spiro atoms. The average Bonchev–Trinajstić information content (AvgIpc) is 3.05. The lowest BCUT2D eigenvalue weighted by molar-refractivity contribution is -0.383. The number of nitro groups is 1. The van der Waals surface area contributed by atoms with Gasteiger partial charge in [0.2, 0.25) is 17.6 Å². The Kier molecular flexibility index (Phi) is 6.90. The lowest BCUT2D eigenvalue weighted by Gasteiger charge is -2.13. The smallest absolute Gasteiger partial charge is 0.353 e. The van der Waals surface area contributed by atoms with E-state index < -0.39 is 4.92 Å². The Balaban J connectivity index is 2.02. The van der Waals surface area contributed by atoms with Crippen molar-refractivity contribution in [1.29, 1.82) is 0 Å². The Bertz CT molecular complexity index is 552. The molecule has 1 aromatic rings. The number of nitrogens with one attached hydrogen (secondary N) is 2. The molecule has 0 radical (unpaired) electrons. The molecular weight excluding hydrogens is 320 g/mol. The fourth-order valence-electron chi connectivity index (χ4n) is 2.27. The highest BCUT2D eigenvalue weighted by Crippen LogP contribution is 2.29. The number of hydrogen-bond acceptors (Lipinski definition) is 10. The standard InChI is InChI=1S/C13H22N6O5/c14-11-10(19(21)22)12(16-8-9-2-1-5-24-9)18-13(17-11)15-3-6-23-7-4-20/h9,20H,1-8H2,(H4,14,15,16,17,18)/t9-/m1/s1. The lowest BCUT2D eigenvalue weighted by Crippen LogP contribution is -2.21. The molecule has 0 aliphatic carbocycles. The Hall–Kier alpha value is -2.24. The summed E-state index contributed by atoms with van der Waals surface area (Å²) < 4.78 is 10.6. The maximum absolute atomic E-state index is 11.2. The van der Waals surface area contributed by atoms with E-state index >= 15 is 0 Å². The molecule has 0 bridgehead atoms. The Morgan fingerprint density at radius 1 is 1.42 bits per heavy atom. The quantitative estimate of drug-likeness (QED) is 0.258. The Morgan fingerprint density at radius 2 is 2.25 bits per heavy atom. The van der Waals surface area contributed by atoms with E-state index in [1.807, 2.05) is 0 Å². The molecule has 24 heavy (non-hydrogen) atoms. The van der Waals surface area contributed by atoms with Crippen LogP contribution in [-0.4, -0.2) is 65.6 Å². The number of nitrogens with zero attached hydrogens (tertiary/aromatic N) is 3. The lowest BCUT2D eigenvalue weighted by atomic mass is 10.2. The molecule has 1 atom stereocenters. The molecule has 2 rings (SSSR count). The van der Waals surface area contributed by atoms with Gasteiger partial charge in [-0.1, -0.05) is 0 Å². The van der Waals surface area contributed by atoms with Gasteiger partial charge in [-0.2, -0.15) is 9.97 Å². The van der Waals surface area contributed by atoms with Gasteiger partial charge in [0.25, 0.3) is 0 Å². The Labute approximate surface area is 138 Å². The zero-order valence-electron chi connectivity index (χ0n) is 13.2. The summed E-state index contributed by atoms with van der Waals surface area (Å²) >= 11 is 0. The highest BCUT2D eigenvalue weighted by molar-refractivity contribution is 5.69. The number of aliphatic hydroxyl groups is 1. The van der Waals surface area contributed by atoms with Crippen LogP contribution in [0, 0.1) is 10.1 Å². The number of nitrogens with two attached hydrogens (primary N) is 1. The fraction of sp³-hybridized carbons (Fsp3) is 0.692. The van der Waals surface area contributed by atoms with Crippen molar-refractivity contribution < 1.29 is 19.5 Å². The second-order valence-electron chi connectivity index (χ2n) is 5.17. The zero-order valence-corrected chi connectivity index (χ0v) is 13.2. The highest BCUT2D eigenvalue weighted by atomic mass is 16.6. The third kappa shape index (κ3) is 5.15. The predicted octanol–water partition coefficient (Wildman–Crippen LogP) is -0.0213. The number of ether oxygens (including phenoxy) is 2. The molecule has 1 saturated heterocycles. The van der Waals surface area contributed by atoms with Crippen molar-refractivity contribution in [1.82, 2.24) is 9.97 Å². The van der Waals surface area contributed by atoms with Crippen LogP contribution >= 0.6 is 0 Å². The van der Waals surface area contributed by atoms with Crippen LogP contribution in [0.3, 0.4) is 0 Å². The second-order valence-corrected chi connectivity index (χ2v) is 5.17. The third-order valence-electron chi connectivity index (χ3n) is 3.38. The molecule has 5 N–H and O–H groups in total. The number of hydrogen-bond donors (Lipinski definition) is 4. The van der Waals surface area contributed by atoms with E-state index in [0.717, 1.165) is 12.8 Å². The molecule has 11 nitrogen and oxygen atoms in total. The first-order valence-corrected chi connectivity index (χ1v) is 7.71. The van der Waals surface area contributed by atoms with Gasteiger partial charge < -0.3 is 30.9 Å². The van der Waals surface area contributed by atoms with Gasteiger partial charge in [0, 0.05) is 19.7 Å². The van der Waals surface area contributed by atoms with Crippen molar-refractivity contribution in [3.8, 4) is 0 Å². The summed E-state index contributed by atoms with van der Waals surface area (Å²) in [6, 6.07) is 0. The van der Waals surface area contributed by atoms with Crippen molar-refractivity contribution in [2.24, 2.45) is 0 Å². The monoisotopic (exact) mass is 342 g/mol. The van der Waals surface area contributed by atoms with Crippen LogP contribution in [0.15, 0.2) is 0 Å². The predicted molar refractivity (Wildman–Crippen MR) is 87.0 cm³/mol. The van der Waals surface area contributed by atoms with Crippen molar-refractivity contribution in [2.45, 2.75) is 18.9 Å². The summed E-state index contributed by atoms with van der Waals surface area (Å²) in [6.07, 6.45) is 1.87. The highest BCUT2D eigenvalue weighted by Gasteiger charge is 2.24. The number of aliphatic hydroxyl groups excluding tert-OH is 1. The minimum absolute atomic E-state index is 0.00378. The molecular formula is C13H22N6O5. The zero-order chi connectivity index (χ0) is 17.4. The van der Waals surface area contributed by atoms with Gasteiger partial charge in [0.05, 0.1) is 30.8 Å². The SMILES string of the molecule is Nc1nc(NCCOCCO)nc(NC[C@H]2CCCO2)c1[N+](=O)[O-]. The third-order valence-corrected chi connectivity index (χ3v) is 3.38. The first kappa shape index (κ1) is 18.1. The topological polar surface area (TPSA) is 158 Å². The largest absolute Gasteiger partial charge is 0.394 e. The molecule has 1 aliphatic rings. The maximum Gasteiger partial charge on any atom is 0.353 e. The summed E-state index contributed by atoms with van der Waals surface area (Å²) in [5.41, 5.74) is 5.34. The molecule has 11 heteroatoms. The first-order chi connectivity index (χ1) is 11.6. The van der Waals surface area contributed by atoms with Gasteiger partial charge in [0.15, 0.2) is 0 Å². The fourth-order valence-corrected chi connectivity index (χ4v) is 2.27. The summed E-state index contributed by atoms with van der Waals surface area (Å²) in [7, 11) is 0. The minimum Gasteiger partial charge on any atom is -0.394 e. The number of anilines is 3. The van der Waals surface area contributed by atoms with Crippen LogP contribution in [-0.2, 0) is 9.47 Å². The summed E-state index contributed by atoms with van der Waals surface area (Å²) in [4.78, 5) is 18.6. The molecule has 1 fully saturated rings. The summed E-state index contributed by atoms with van der Waals surface area (Å²) in [5.74, 6) is 0.00549. The molecule has 1 aromatic heterocycles. The first-order valence-electron chi connectivity index (χ1n) is 7.71. The van der Waals surface area contributed by atoms with Crippen LogP contribution in [0.5, 0.6) is 0 Å². The van der Waals surface area contributed by atoms with Crippen LogP contribution < -0.4 is 16.4 Å². The maximum atomic E-state index is 11.2. The van der Waals surface area contributed by atoms with E-state index in [1.54, 1.807) is 0 Å².